The molecule has 4 nitrogen and oxygen atoms in total. The molecule has 4 heteroatoms. The molecule has 0 aliphatic heterocycles. The second-order valence-corrected chi connectivity index (χ2v) is 3.85. The first kappa shape index (κ1) is 12.8. The van der Waals surface area contributed by atoms with Gasteiger partial charge >= 0.3 is 0 Å². The summed E-state index contributed by atoms with van der Waals surface area (Å²) in [6.45, 7) is 1.27. The van der Waals surface area contributed by atoms with Gasteiger partial charge in [0.2, 0.25) is 0 Å². The average molecular weight is 224 g/mol. The minimum atomic E-state index is 0.0927. The molecule has 1 aromatic carbocycles. The maximum absolute atomic E-state index is 8.94. The van der Waals surface area contributed by atoms with E-state index in [-0.39, 0.29) is 13.2 Å². The van der Waals surface area contributed by atoms with Gasteiger partial charge in [-0.05, 0) is 24.3 Å². The number of rotatable bonds is 6. The number of hydrogen-bond donors (Lipinski definition) is 2. The maximum atomic E-state index is 8.94. The highest BCUT2D eigenvalue weighted by atomic mass is 16.3. The molecule has 0 unspecified atom stereocenters. The van der Waals surface area contributed by atoms with Crippen LogP contribution in [0.5, 0.6) is 0 Å². The fourth-order valence-electron chi connectivity index (χ4n) is 1.57. The van der Waals surface area contributed by atoms with Crippen LogP contribution in [0.4, 0.5) is 11.4 Å². The molecular weight excluding hydrogens is 204 g/mol. The summed E-state index contributed by atoms with van der Waals surface area (Å²) in [4.78, 5) is 3.99. The smallest absolute Gasteiger partial charge is 0.0606 e. The summed E-state index contributed by atoms with van der Waals surface area (Å²) in [5.74, 6) is 0. The predicted octanol–water partition coefficient (Wildman–Crippen LogP) is 0.544. The lowest BCUT2D eigenvalue weighted by molar-refractivity contribution is 0.281. The second kappa shape index (κ2) is 6.35. The van der Waals surface area contributed by atoms with Crippen molar-refractivity contribution in [3.05, 3.63) is 24.3 Å². The molecule has 16 heavy (non-hydrogen) atoms. The zero-order chi connectivity index (χ0) is 12.0. The summed E-state index contributed by atoms with van der Waals surface area (Å²) in [6.07, 6.45) is 0. The predicted molar refractivity (Wildman–Crippen MR) is 67.2 cm³/mol. The van der Waals surface area contributed by atoms with E-state index >= 15 is 0 Å². The zero-order valence-electron chi connectivity index (χ0n) is 9.93. The van der Waals surface area contributed by atoms with Crippen LogP contribution in [0, 0.1) is 0 Å². The molecule has 90 valence electrons. The molecule has 0 aromatic heterocycles. The Kier molecular flexibility index (Phi) is 5.08. The number of anilines is 2. The summed E-state index contributed by atoms with van der Waals surface area (Å²) in [5, 5.41) is 17.9. The third kappa shape index (κ3) is 3.40. The van der Waals surface area contributed by atoms with E-state index in [0.29, 0.717) is 13.1 Å². The van der Waals surface area contributed by atoms with E-state index in [1.807, 2.05) is 48.2 Å². The molecule has 0 fully saturated rings. The van der Waals surface area contributed by atoms with E-state index in [2.05, 4.69) is 0 Å². The van der Waals surface area contributed by atoms with E-state index in [9.17, 15) is 0 Å². The van der Waals surface area contributed by atoms with Crippen LogP contribution in [0.15, 0.2) is 24.3 Å². The first-order chi connectivity index (χ1) is 7.69. The summed E-state index contributed by atoms with van der Waals surface area (Å²) in [5.41, 5.74) is 2.16. The molecule has 0 radical (unpaired) electrons. The third-order valence-electron chi connectivity index (χ3n) is 2.47. The van der Waals surface area contributed by atoms with Gasteiger partial charge in [0, 0.05) is 38.6 Å². The number of aliphatic hydroxyl groups is 2. The van der Waals surface area contributed by atoms with Gasteiger partial charge < -0.3 is 20.0 Å². The van der Waals surface area contributed by atoms with Crippen LogP contribution in [-0.2, 0) is 0 Å². The van der Waals surface area contributed by atoms with Crippen LogP contribution >= 0.6 is 0 Å². The second-order valence-electron chi connectivity index (χ2n) is 3.85. The van der Waals surface area contributed by atoms with Crippen LogP contribution in [0.1, 0.15) is 0 Å². The molecule has 0 atom stereocenters. The Balaban J connectivity index is 2.76. The molecule has 0 heterocycles. The van der Waals surface area contributed by atoms with Crippen molar-refractivity contribution in [3.63, 3.8) is 0 Å². The highest BCUT2D eigenvalue weighted by molar-refractivity contribution is 5.55. The Morgan fingerprint density at radius 1 is 0.875 bits per heavy atom. The van der Waals surface area contributed by atoms with Crippen molar-refractivity contribution in [2.24, 2.45) is 0 Å². The van der Waals surface area contributed by atoms with E-state index in [4.69, 9.17) is 10.2 Å². The fourth-order valence-corrected chi connectivity index (χ4v) is 1.57. The van der Waals surface area contributed by atoms with Crippen LogP contribution in [-0.4, -0.2) is 50.6 Å². The van der Waals surface area contributed by atoms with E-state index in [1.165, 1.54) is 0 Å². The van der Waals surface area contributed by atoms with Crippen molar-refractivity contribution < 1.29 is 10.2 Å². The Morgan fingerprint density at radius 2 is 1.31 bits per heavy atom. The van der Waals surface area contributed by atoms with Gasteiger partial charge in [-0.3, -0.25) is 0 Å². The monoisotopic (exact) mass is 224 g/mol. The summed E-state index contributed by atoms with van der Waals surface area (Å²) >= 11 is 0. The maximum Gasteiger partial charge on any atom is 0.0606 e. The van der Waals surface area contributed by atoms with Gasteiger partial charge in [-0.1, -0.05) is 0 Å². The Hall–Kier alpha value is -1.26. The quantitative estimate of drug-likeness (QED) is 0.740. The average Bonchev–Trinajstić information content (AvgIpc) is 2.29. The van der Waals surface area contributed by atoms with E-state index in [0.717, 1.165) is 11.4 Å². The molecule has 0 saturated heterocycles. The number of benzene rings is 1. The van der Waals surface area contributed by atoms with Crippen LogP contribution in [0.3, 0.4) is 0 Å². The van der Waals surface area contributed by atoms with Crippen molar-refractivity contribution >= 4 is 11.4 Å². The van der Waals surface area contributed by atoms with Crippen LogP contribution in [0.25, 0.3) is 0 Å². The van der Waals surface area contributed by atoms with Gasteiger partial charge in [0.1, 0.15) is 0 Å². The standard InChI is InChI=1S/C12H20N2O2/c1-13(2)11-3-5-12(6-4-11)14(7-9-15)8-10-16/h3-6,15-16H,7-10H2,1-2H3. The van der Waals surface area contributed by atoms with Gasteiger partial charge in [-0.2, -0.15) is 0 Å². The van der Waals surface area contributed by atoms with E-state index < -0.39 is 0 Å². The van der Waals surface area contributed by atoms with Gasteiger partial charge in [0.25, 0.3) is 0 Å². The molecule has 0 bridgehead atoms. The Bertz CT molecular complexity index is 292. The zero-order valence-corrected chi connectivity index (χ0v) is 9.93. The molecule has 1 rings (SSSR count). The molecule has 0 aliphatic rings. The van der Waals surface area contributed by atoms with Gasteiger partial charge in [0.15, 0.2) is 0 Å². The van der Waals surface area contributed by atoms with Crippen LogP contribution < -0.4 is 9.80 Å². The van der Waals surface area contributed by atoms with Crippen molar-refractivity contribution in [3.8, 4) is 0 Å². The SMILES string of the molecule is CN(C)c1ccc(N(CCO)CCO)cc1. The van der Waals surface area contributed by atoms with Crippen molar-refractivity contribution in [2.45, 2.75) is 0 Å². The van der Waals surface area contributed by atoms with Crippen molar-refractivity contribution in [1.29, 1.82) is 0 Å². The van der Waals surface area contributed by atoms with Gasteiger partial charge in [-0.15, -0.1) is 0 Å². The number of hydrogen-bond acceptors (Lipinski definition) is 4. The summed E-state index contributed by atoms with van der Waals surface area (Å²) < 4.78 is 0. The normalized spacial score (nSPS) is 10.2. The topological polar surface area (TPSA) is 46.9 Å². The van der Waals surface area contributed by atoms with Gasteiger partial charge in [0.05, 0.1) is 13.2 Å². The molecule has 1 aromatic rings. The summed E-state index contributed by atoms with van der Waals surface area (Å²) in [6, 6.07) is 8.05. The first-order valence-electron chi connectivity index (χ1n) is 5.43. The Morgan fingerprint density at radius 3 is 1.69 bits per heavy atom. The number of aliphatic hydroxyl groups excluding tert-OH is 2. The highest BCUT2D eigenvalue weighted by Gasteiger charge is 2.05. The van der Waals surface area contributed by atoms with Gasteiger partial charge in [-0.25, -0.2) is 0 Å². The molecule has 0 saturated carbocycles. The third-order valence-corrected chi connectivity index (χ3v) is 2.47. The first-order valence-corrected chi connectivity index (χ1v) is 5.43. The molecular formula is C12H20N2O2. The largest absolute Gasteiger partial charge is 0.395 e. The Labute approximate surface area is 96.7 Å². The highest BCUT2D eigenvalue weighted by Crippen LogP contribution is 2.18. The lowest BCUT2D eigenvalue weighted by Gasteiger charge is -2.23. The lowest BCUT2D eigenvalue weighted by Crippen LogP contribution is -2.29. The number of nitrogens with zero attached hydrogens (tertiary/aromatic N) is 2. The van der Waals surface area contributed by atoms with Crippen LogP contribution in [0.2, 0.25) is 0 Å². The van der Waals surface area contributed by atoms with Crippen molar-refractivity contribution in [2.75, 3.05) is 50.2 Å². The molecule has 2 N–H and O–H groups in total. The molecule has 0 amide bonds. The molecule has 0 spiro atoms. The minimum Gasteiger partial charge on any atom is -0.395 e. The summed E-state index contributed by atoms with van der Waals surface area (Å²) in [7, 11) is 3.99. The minimum absolute atomic E-state index is 0.0927. The van der Waals surface area contributed by atoms with Crippen molar-refractivity contribution in [1.82, 2.24) is 0 Å². The fraction of sp³-hybridized carbons (Fsp3) is 0.500. The molecule has 0 aliphatic carbocycles. The van der Waals surface area contributed by atoms with E-state index in [1.54, 1.807) is 0 Å². The lowest BCUT2D eigenvalue weighted by atomic mass is 10.2.